The Balaban J connectivity index is 1.79. The Labute approximate surface area is 120 Å². The summed E-state index contributed by atoms with van der Waals surface area (Å²) in [5, 5.41) is 3.08. The molecule has 2 aromatic rings. The summed E-state index contributed by atoms with van der Waals surface area (Å²) in [6.07, 6.45) is 5.95. The highest BCUT2D eigenvalue weighted by atomic mass is 35.5. The van der Waals surface area contributed by atoms with Crippen LogP contribution in [0.3, 0.4) is 0 Å². The average molecular weight is 296 g/mol. The van der Waals surface area contributed by atoms with Crippen molar-refractivity contribution in [3.05, 3.63) is 39.6 Å². The van der Waals surface area contributed by atoms with Gasteiger partial charge < -0.3 is 9.88 Å². The number of nitrogens with zero attached hydrogens (tertiary/aromatic N) is 2. The lowest BCUT2D eigenvalue weighted by atomic mass is 10.1. The molecule has 1 aliphatic rings. The van der Waals surface area contributed by atoms with Gasteiger partial charge in [-0.15, -0.1) is 11.3 Å². The number of rotatable bonds is 4. The molecule has 0 aromatic carbocycles. The highest BCUT2D eigenvalue weighted by Crippen LogP contribution is 2.40. The lowest BCUT2D eigenvalue weighted by molar-refractivity contribution is 0.0933. The number of halogens is 1. The van der Waals surface area contributed by atoms with E-state index in [9.17, 15) is 4.79 Å². The second kappa shape index (κ2) is 4.98. The summed E-state index contributed by atoms with van der Waals surface area (Å²) in [7, 11) is 1.95. The van der Waals surface area contributed by atoms with E-state index in [0.717, 1.165) is 18.7 Å². The topological polar surface area (TPSA) is 46.9 Å². The van der Waals surface area contributed by atoms with Crippen molar-refractivity contribution in [1.29, 1.82) is 0 Å². The highest BCUT2D eigenvalue weighted by Gasteiger charge is 2.36. The summed E-state index contributed by atoms with van der Waals surface area (Å²) >= 11 is 7.16. The minimum atomic E-state index is -0.0724. The van der Waals surface area contributed by atoms with Gasteiger partial charge in [0.05, 0.1) is 15.3 Å². The maximum atomic E-state index is 12.2. The number of carbonyl (C=O) groups is 1. The molecule has 0 spiro atoms. The van der Waals surface area contributed by atoms with E-state index >= 15 is 0 Å². The predicted molar refractivity (Wildman–Crippen MR) is 75.5 cm³/mol. The van der Waals surface area contributed by atoms with E-state index in [1.807, 2.05) is 17.8 Å². The van der Waals surface area contributed by atoms with Crippen LogP contribution in [0.5, 0.6) is 0 Å². The van der Waals surface area contributed by atoms with Gasteiger partial charge >= 0.3 is 0 Å². The minimum Gasteiger partial charge on any atom is -0.341 e. The molecule has 1 N–H and O–H groups in total. The fourth-order valence-electron chi connectivity index (χ4n) is 2.15. The summed E-state index contributed by atoms with van der Waals surface area (Å²) < 4.78 is 2.59. The van der Waals surface area contributed by atoms with Crippen LogP contribution in [0.25, 0.3) is 0 Å². The van der Waals surface area contributed by atoms with Gasteiger partial charge in [-0.1, -0.05) is 11.6 Å². The number of imidazole rings is 1. The van der Waals surface area contributed by atoms with E-state index < -0.39 is 0 Å². The molecule has 1 saturated carbocycles. The summed E-state index contributed by atoms with van der Waals surface area (Å²) in [5.74, 6) is 1.34. The highest BCUT2D eigenvalue weighted by molar-refractivity contribution is 7.17. The first-order valence-electron chi connectivity index (χ1n) is 6.18. The van der Waals surface area contributed by atoms with E-state index in [1.54, 1.807) is 18.3 Å². The molecule has 6 heteroatoms. The molecule has 4 nitrogen and oxygen atoms in total. The number of aromatic nitrogens is 2. The molecule has 0 aliphatic heterocycles. The van der Waals surface area contributed by atoms with Crippen LogP contribution in [0.15, 0.2) is 24.5 Å². The van der Waals surface area contributed by atoms with Gasteiger partial charge in [-0.3, -0.25) is 4.79 Å². The molecule has 2 heterocycles. The van der Waals surface area contributed by atoms with Crippen molar-refractivity contribution in [3.8, 4) is 0 Å². The average Bonchev–Trinajstić information content (AvgIpc) is 3.00. The minimum absolute atomic E-state index is 0.00613. The lowest BCUT2D eigenvalue weighted by Gasteiger charge is -2.17. The second-order valence-corrected chi connectivity index (χ2v) is 6.50. The maximum absolute atomic E-state index is 12.2. The fraction of sp³-hybridized carbons (Fsp3) is 0.385. The van der Waals surface area contributed by atoms with Crippen molar-refractivity contribution in [1.82, 2.24) is 14.9 Å². The zero-order chi connectivity index (χ0) is 13.4. The lowest BCUT2D eigenvalue weighted by Crippen LogP contribution is -2.31. The van der Waals surface area contributed by atoms with Gasteiger partial charge in [0.1, 0.15) is 5.82 Å². The number of hydrogen-bond acceptors (Lipinski definition) is 3. The van der Waals surface area contributed by atoms with Crippen molar-refractivity contribution < 1.29 is 4.79 Å². The first-order valence-corrected chi connectivity index (χ1v) is 7.38. The van der Waals surface area contributed by atoms with Crippen LogP contribution >= 0.6 is 22.9 Å². The molecular weight excluding hydrogens is 282 g/mol. The maximum Gasteiger partial charge on any atom is 0.261 e. The molecule has 2 aromatic heterocycles. The summed E-state index contributed by atoms with van der Waals surface area (Å²) in [6.45, 7) is 0. The Hall–Kier alpha value is -1.33. The van der Waals surface area contributed by atoms with Crippen LogP contribution in [-0.4, -0.2) is 15.5 Å². The predicted octanol–water partition coefficient (Wildman–Crippen LogP) is 3.02. The molecule has 0 saturated heterocycles. The van der Waals surface area contributed by atoms with Crippen molar-refractivity contribution >= 4 is 28.8 Å². The number of amides is 1. The van der Waals surface area contributed by atoms with E-state index in [0.29, 0.717) is 15.1 Å². The second-order valence-electron chi connectivity index (χ2n) is 4.79. The largest absolute Gasteiger partial charge is 0.341 e. The SMILES string of the molecule is Cn1ccnc1[C@H](NC(=O)c1ccc(Cl)s1)C1CC1. The van der Waals surface area contributed by atoms with Crippen LogP contribution in [0.2, 0.25) is 4.34 Å². The van der Waals surface area contributed by atoms with Crippen molar-refractivity contribution in [2.75, 3.05) is 0 Å². The summed E-state index contributed by atoms with van der Waals surface area (Å²) in [6, 6.07) is 3.49. The number of nitrogens with one attached hydrogen (secondary N) is 1. The Morgan fingerprint density at radius 2 is 2.37 bits per heavy atom. The quantitative estimate of drug-likeness (QED) is 0.942. The van der Waals surface area contributed by atoms with Gasteiger partial charge in [-0.05, 0) is 30.9 Å². The number of thiophene rings is 1. The van der Waals surface area contributed by atoms with Crippen molar-refractivity contribution in [2.24, 2.45) is 13.0 Å². The molecule has 1 amide bonds. The molecule has 0 radical (unpaired) electrons. The van der Waals surface area contributed by atoms with Gasteiger partial charge in [0.25, 0.3) is 5.91 Å². The summed E-state index contributed by atoms with van der Waals surface area (Å²) in [4.78, 5) is 17.2. The number of carbonyl (C=O) groups excluding carboxylic acids is 1. The Bertz CT molecular complexity index is 603. The molecule has 0 bridgehead atoms. The van der Waals surface area contributed by atoms with Crippen molar-refractivity contribution in [2.45, 2.75) is 18.9 Å². The molecule has 1 atom stereocenters. The summed E-state index contributed by atoms with van der Waals surface area (Å²) in [5.41, 5.74) is 0. The molecule has 1 aliphatic carbocycles. The Morgan fingerprint density at radius 3 is 2.89 bits per heavy atom. The van der Waals surface area contributed by atoms with Gasteiger partial charge in [-0.2, -0.15) is 0 Å². The zero-order valence-corrected chi connectivity index (χ0v) is 12.0. The van der Waals surface area contributed by atoms with Gasteiger partial charge in [0.2, 0.25) is 0 Å². The number of aryl methyl sites for hydroxylation is 1. The number of hydrogen-bond donors (Lipinski definition) is 1. The normalized spacial score (nSPS) is 16.3. The van der Waals surface area contributed by atoms with E-state index in [2.05, 4.69) is 10.3 Å². The van der Waals surface area contributed by atoms with Crippen LogP contribution in [0.4, 0.5) is 0 Å². The zero-order valence-electron chi connectivity index (χ0n) is 10.5. The van der Waals surface area contributed by atoms with Crippen LogP contribution in [-0.2, 0) is 7.05 Å². The smallest absolute Gasteiger partial charge is 0.261 e. The standard InChI is InChI=1S/C13H14ClN3OS/c1-17-7-6-15-12(17)11(8-2-3-8)16-13(18)9-4-5-10(14)19-9/h4-8,11H,2-3H2,1H3,(H,16,18)/t11-/m1/s1. The molecule has 1 fully saturated rings. The molecule has 3 rings (SSSR count). The molecule has 0 unspecified atom stereocenters. The third kappa shape index (κ3) is 2.67. The first-order chi connectivity index (χ1) is 9.15. The molecule has 100 valence electrons. The van der Waals surface area contributed by atoms with E-state index in [1.165, 1.54) is 11.3 Å². The van der Waals surface area contributed by atoms with Crippen LogP contribution < -0.4 is 5.32 Å². The van der Waals surface area contributed by atoms with Crippen molar-refractivity contribution in [3.63, 3.8) is 0 Å². The Morgan fingerprint density at radius 1 is 1.58 bits per heavy atom. The Kier molecular flexibility index (Phi) is 3.33. The molecular formula is C13H14ClN3OS. The third-order valence-electron chi connectivity index (χ3n) is 3.31. The van der Waals surface area contributed by atoms with Gasteiger partial charge in [0.15, 0.2) is 0 Å². The molecule has 19 heavy (non-hydrogen) atoms. The van der Waals surface area contributed by atoms with Crippen LogP contribution in [0.1, 0.15) is 34.4 Å². The fourth-order valence-corrected chi connectivity index (χ4v) is 3.09. The third-order valence-corrected chi connectivity index (χ3v) is 4.54. The van der Waals surface area contributed by atoms with Gasteiger partial charge in [-0.25, -0.2) is 4.98 Å². The van der Waals surface area contributed by atoms with E-state index in [4.69, 9.17) is 11.6 Å². The van der Waals surface area contributed by atoms with Crippen LogP contribution in [0, 0.1) is 5.92 Å². The van der Waals surface area contributed by atoms with E-state index in [-0.39, 0.29) is 11.9 Å². The first kappa shape index (κ1) is 12.7. The monoisotopic (exact) mass is 295 g/mol. The van der Waals surface area contributed by atoms with Gasteiger partial charge in [0, 0.05) is 19.4 Å².